The summed E-state index contributed by atoms with van der Waals surface area (Å²) >= 11 is 0. The summed E-state index contributed by atoms with van der Waals surface area (Å²) in [7, 11) is 0. The second-order valence-corrected chi connectivity index (χ2v) is 20.8. The van der Waals surface area contributed by atoms with E-state index in [1.807, 2.05) is 72.8 Å². The third-order valence-corrected chi connectivity index (χ3v) is 14.7. The maximum atomic E-state index is 6.40. The van der Waals surface area contributed by atoms with Crippen molar-refractivity contribution in [1.29, 1.82) is 0 Å². The summed E-state index contributed by atoms with van der Waals surface area (Å²) in [6, 6.07) is 24.3. The molecule has 0 amide bonds. The Hall–Kier alpha value is -5.94. The zero-order chi connectivity index (χ0) is 52.3. The monoisotopic (exact) mass is 1090 g/mol. The summed E-state index contributed by atoms with van der Waals surface area (Å²) in [4.78, 5) is 41.9. The van der Waals surface area contributed by atoms with E-state index >= 15 is 0 Å². The Morgan fingerprint density at radius 3 is 0.896 bits per heavy atom. The Morgan fingerprint density at radius 1 is 0.286 bits per heavy atom. The first-order valence-corrected chi connectivity index (χ1v) is 29.3. The molecule has 2 aliphatic rings. The number of fused-ring (bicyclic) bond motifs is 20. The van der Waals surface area contributed by atoms with Crippen LogP contribution in [-0.2, 0) is 19.5 Å². The van der Waals surface area contributed by atoms with Crippen LogP contribution in [0, 0.1) is 0 Å². The molecule has 0 radical (unpaired) electrons. The summed E-state index contributed by atoms with van der Waals surface area (Å²) in [5.74, 6) is 4.99. The number of unbranched alkanes of at least 4 members (excludes halogenated alkanes) is 20. The van der Waals surface area contributed by atoms with Crippen molar-refractivity contribution in [3.05, 3.63) is 72.8 Å². The first-order valence-electron chi connectivity index (χ1n) is 29.3. The summed E-state index contributed by atoms with van der Waals surface area (Å²) < 4.78 is 25.6. The van der Waals surface area contributed by atoms with E-state index in [4.69, 9.17) is 58.8 Å². The third kappa shape index (κ3) is 15.2. The van der Waals surface area contributed by atoms with Gasteiger partial charge in [-0.1, -0.05) is 156 Å². The molecule has 0 spiro atoms. The number of benzene rings is 4. The molecule has 0 unspecified atom stereocenters. The molecule has 0 saturated carbocycles. The van der Waals surface area contributed by atoms with E-state index < -0.39 is 0 Å². The van der Waals surface area contributed by atoms with Crippen LogP contribution in [0.3, 0.4) is 0 Å². The molecule has 8 bridgehead atoms. The molecule has 0 aliphatic carbocycles. The topological polar surface area (TPSA) is 142 Å². The van der Waals surface area contributed by atoms with Gasteiger partial charge in [0.05, 0.1) is 49.7 Å². The van der Waals surface area contributed by atoms with Crippen LogP contribution in [-0.4, -0.2) is 56.3 Å². The van der Waals surface area contributed by atoms with Gasteiger partial charge in [-0.25, -0.2) is 9.97 Å². The quantitative estimate of drug-likeness (QED) is 0.0293. The predicted octanol–water partition coefficient (Wildman–Crippen LogP) is 17.1. The van der Waals surface area contributed by atoms with Crippen molar-refractivity contribution in [3.63, 3.8) is 0 Å². The van der Waals surface area contributed by atoms with Crippen LogP contribution < -0.4 is 28.9 Å². The standard InChI is InChI=1S/C64H80N8O4.Zn/c1-5-9-13-17-21-25-37-73-45-29-33-49-53(41-45)61-65-57(49)70-62-55-43-47(75-39-27-23-19-15-11-7-3)31-35-51(55)59(67-62)72-64-56-44-48(76-40-28-24-20-16-12-8-4)32-36-52(56)60(68-64)71-63-54-42-46(30-34-50(54)58(66-63)69-61)74-38-26-22-18-14-10-6-2;/h29-36,41-44H,5-28,37-40H2,1-4H3;/q-2;+2. The van der Waals surface area contributed by atoms with Gasteiger partial charge in [0, 0.05) is 44.8 Å². The van der Waals surface area contributed by atoms with E-state index in [1.54, 1.807) is 0 Å². The van der Waals surface area contributed by atoms with Gasteiger partial charge in [0.2, 0.25) is 0 Å². The smallest absolute Gasteiger partial charge is 0.494 e. The normalized spacial score (nSPS) is 11.7. The number of aromatic nitrogens is 8. The second-order valence-electron chi connectivity index (χ2n) is 20.8. The van der Waals surface area contributed by atoms with Gasteiger partial charge in [-0.15, -0.1) is 0 Å². The van der Waals surface area contributed by atoms with Gasteiger partial charge in [0.15, 0.2) is 0 Å². The van der Waals surface area contributed by atoms with Crippen LogP contribution in [0.1, 0.15) is 182 Å². The molecule has 9 rings (SSSR count). The SMILES string of the molecule is CCCCCCCCOc1ccc2c(c1)-c1nc-2nc2[n-]c(nc3nc(nc4[n-]c(n1)c1ccc(OCCCCCCCC)cc41)-c1ccc(OCCCCCCCC)cc1-3)c1ccc(OCCCCCCCC)cc21.[Zn+2]. The van der Waals surface area contributed by atoms with E-state index in [1.165, 1.54) is 103 Å². The number of ether oxygens (including phenoxy) is 4. The zero-order valence-electron chi connectivity index (χ0n) is 46.6. The molecule has 13 heteroatoms. The van der Waals surface area contributed by atoms with Gasteiger partial charge in [0.1, 0.15) is 23.0 Å². The average molecular weight is 1090 g/mol. The molecular formula is C64H80N8O4Zn. The minimum atomic E-state index is 0. The third-order valence-electron chi connectivity index (χ3n) is 14.7. The molecule has 77 heavy (non-hydrogen) atoms. The fourth-order valence-corrected chi connectivity index (χ4v) is 10.2. The van der Waals surface area contributed by atoms with Crippen LogP contribution in [0.25, 0.3) is 89.7 Å². The molecular weight excluding hydrogens is 1010 g/mol. The van der Waals surface area contributed by atoms with Crippen molar-refractivity contribution >= 4 is 44.1 Å². The van der Waals surface area contributed by atoms with Crippen molar-refractivity contribution in [2.45, 2.75) is 182 Å². The van der Waals surface area contributed by atoms with E-state index in [2.05, 4.69) is 27.7 Å². The van der Waals surface area contributed by atoms with Crippen molar-refractivity contribution in [3.8, 4) is 68.5 Å². The minimum absolute atomic E-state index is 0. The van der Waals surface area contributed by atoms with Gasteiger partial charge in [-0.3, -0.25) is 0 Å². The first kappa shape index (κ1) is 57.2. The number of rotatable bonds is 32. The number of hydrogen-bond donors (Lipinski definition) is 0. The van der Waals surface area contributed by atoms with E-state index in [-0.39, 0.29) is 19.5 Å². The van der Waals surface area contributed by atoms with Crippen molar-refractivity contribution in [2.24, 2.45) is 0 Å². The Kier molecular flexibility index (Phi) is 22.1. The zero-order valence-corrected chi connectivity index (χ0v) is 49.6. The number of hydrogen-bond acceptors (Lipinski definition) is 10. The summed E-state index contributed by atoms with van der Waals surface area (Å²) in [6.07, 6.45) is 28.5. The number of nitrogens with zero attached hydrogens (tertiary/aromatic N) is 8. The summed E-state index contributed by atoms with van der Waals surface area (Å²) in [6.45, 7) is 11.5. The van der Waals surface area contributed by atoms with E-state index in [9.17, 15) is 0 Å². The van der Waals surface area contributed by atoms with Crippen LogP contribution in [0.5, 0.6) is 23.0 Å². The summed E-state index contributed by atoms with van der Waals surface area (Å²) in [5.41, 5.74) is 5.22. The van der Waals surface area contributed by atoms with Crippen molar-refractivity contribution in [2.75, 3.05) is 26.4 Å². The fraction of sp³-hybridized carbons (Fsp3) is 0.500. The fourth-order valence-electron chi connectivity index (χ4n) is 10.2. The molecule has 0 atom stereocenters. The molecule has 5 heterocycles. The Bertz CT molecular complexity index is 2960. The van der Waals surface area contributed by atoms with Crippen LogP contribution in [0.4, 0.5) is 0 Å². The van der Waals surface area contributed by atoms with Gasteiger partial charge in [-0.2, -0.15) is 0 Å². The molecule has 4 aromatic carbocycles. The molecule has 3 aromatic heterocycles. The van der Waals surface area contributed by atoms with Crippen molar-refractivity contribution < 1.29 is 38.4 Å². The predicted molar refractivity (Wildman–Crippen MR) is 309 cm³/mol. The van der Waals surface area contributed by atoms with E-state index in [0.717, 1.165) is 118 Å². The molecule has 0 saturated heterocycles. The minimum Gasteiger partial charge on any atom is -0.494 e. The Morgan fingerprint density at radius 2 is 0.558 bits per heavy atom. The Balaban J connectivity index is 0.00000784. The molecule has 7 aromatic rings. The summed E-state index contributed by atoms with van der Waals surface area (Å²) in [5, 5.41) is 3.27. The molecule has 12 nitrogen and oxygen atoms in total. The molecule has 0 N–H and O–H groups in total. The van der Waals surface area contributed by atoms with Gasteiger partial charge >= 0.3 is 19.5 Å². The molecule has 2 aliphatic heterocycles. The van der Waals surface area contributed by atoms with Gasteiger partial charge in [-0.05, 0) is 120 Å². The first-order chi connectivity index (χ1) is 37.5. The van der Waals surface area contributed by atoms with Crippen LogP contribution in [0.15, 0.2) is 72.8 Å². The Labute approximate surface area is 469 Å². The van der Waals surface area contributed by atoms with Crippen molar-refractivity contribution in [1.82, 2.24) is 39.9 Å². The maximum absolute atomic E-state index is 6.40. The van der Waals surface area contributed by atoms with Crippen LogP contribution in [0.2, 0.25) is 0 Å². The van der Waals surface area contributed by atoms with E-state index in [0.29, 0.717) is 72.3 Å². The maximum Gasteiger partial charge on any atom is 2.00 e. The van der Waals surface area contributed by atoms with Gasteiger partial charge < -0.3 is 48.9 Å². The second kappa shape index (κ2) is 29.7. The largest absolute Gasteiger partial charge is 2.00 e. The van der Waals surface area contributed by atoms with Gasteiger partial charge in [0.25, 0.3) is 0 Å². The average Bonchev–Trinajstić information content (AvgIpc) is 4.24. The molecule has 402 valence electrons. The van der Waals surface area contributed by atoms with Crippen LogP contribution >= 0.6 is 0 Å². The molecule has 0 fully saturated rings.